The Morgan fingerprint density at radius 1 is 1.42 bits per heavy atom. The first-order valence-electron chi connectivity index (χ1n) is 4.04. The Morgan fingerprint density at radius 3 is 2.50 bits per heavy atom. The van der Waals surface area contributed by atoms with E-state index in [1.807, 2.05) is 25.1 Å². The molecule has 0 bridgehead atoms. The number of rotatable bonds is 3. The molecular weight excluding hydrogens is 165 g/mol. The van der Waals surface area contributed by atoms with Gasteiger partial charge in [0.05, 0.1) is 0 Å². The van der Waals surface area contributed by atoms with Gasteiger partial charge in [0.2, 0.25) is 0 Å². The minimum absolute atomic E-state index is 0.115. The van der Waals surface area contributed by atoms with E-state index in [0.29, 0.717) is 0 Å². The maximum atomic E-state index is 5.86. The zero-order chi connectivity index (χ0) is 8.97. The lowest BCUT2D eigenvalue weighted by Gasteiger charge is -2.09. The predicted molar refractivity (Wildman–Crippen MR) is 57.1 cm³/mol. The van der Waals surface area contributed by atoms with Crippen LogP contribution in [0.25, 0.3) is 0 Å². The summed E-state index contributed by atoms with van der Waals surface area (Å²) in [5.74, 6) is 0. The summed E-state index contributed by atoms with van der Waals surface area (Å²) in [5.41, 5.74) is 7.14. The van der Waals surface area contributed by atoms with Crippen LogP contribution in [-0.4, -0.2) is 11.3 Å². The molecule has 64 valence electrons. The molecule has 1 atom stereocenters. The quantitative estimate of drug-likeness (QED) is 0.704. The minimum atomic E-state index is 0.115. The summed E-state index contributed by atoms with van der Waals surface area (Å²) in [4.78, 5) is 0. The second-order valence-electron chi connectivity index (χ2n) is 2.98. The highest BCUT2D eigenvalue weighted by molar-refractivity contribution is 7.21. The average molecular weight is 179 g/mol. The van der Waals surface area contributed by atoms with E-state index in [0.717, 1.165) is 11.7 Å². The highest BCUT2D eigenvalue weighted by atomic mass is 31.0. The zero-order valence-corrected chi connectivity index (χ0v) is 8.25. The molecular formula is C10H14NP. The first-order chi connectivity index (χ1) is 5.70. The first-order valence-corrected chi connectivity index (χ1v) is 4.54. The molecule has 0 saturated carbocycles. The van der Waals surface area contributed by atoms with Gasteiger partial charge in [-0.05, 0) is 24.2 Å². The first kappa shape index (κ1) is 9.44. The zero-order valence-electron chi connectivity index (χ0n) is 7.25. The van der Waals surface area contributed by atoms with Crippen LogP contribution in [0.5, 0.6) is 0 Å². The standard InChI is InChI=1S/C10H14NP/c1-8(12)10(11)7-9-5-3-2-4-6-9/h2-6,10,12H,7,11H2,1H3. The monoisotopic (exact) mass is 179 g/mol. The summed E-state index contributed by atoms with van der Waals surface area (Å²) in [5, 5.41) is 1.10. The van der Waals surface area contributed by atoms with Crippen molar-refractivity contribution >= 4 is 14.2 Å². The smallest absolute Gasteiger partial charge is 0.0332 e. The number of nitrogens with two attached hydrogens (primary N) is 1. The Labute approximate surface area is 75.8 Å². The van der Waals surface area contributed by atoms with E-state index in [-0.39, 0.29) is 6.04 Å². The van der Waals surface area contributed by atoms with E-state index in [2.05, 4.69) is 21.0 Å². The third-order valence-electron chi connectivity index (χ3n) is 1.85. The van der Waals surface area contributed by atoms with E-state index in [9.17, 15) is 0 Å². The van der Waals surface area contributed by atoms with Crippen LogP contribution in [0.1, 0.15) is 12.5 Å². The van der Waals surface area contributed by atoms with Gasteiger partial charge in [-0.1, -0.05) is 30.3 Å². The van der Waals surface area contributed by atoms with Crippen LogP contribution in [0.4, 0.5) is 0 Å². The van der Waals surface area contributed by atoms with Gasteiger partial charge >= 0.3 is 0 Å². The summed E-state index contributed by atoms with van der Waals surface area (Å²) < 4.78 is 0. The molecule has 0 aliphatic carbocycles. The third kappa shape index (κ3) is 2.77. The average Bonchev–Trinajstić information content (AvgIpc) is 2.06. The molecule has 0 amide bonds. The topological polar surface area (TPSA) is 26.0 Å². The van der Waals surface area contributed by atoms with Crippen LogP contribution in [0, 0.1) is 0 Å². The highest BCUT2D eigenvalue weighted by Gasteiger charge is 2.03. The third-order valence-corrected chi connectivity index (χ3v) is 2.23. The fourth-order valence-electron chi connectivity index (χ4n) is 1.02. The van der Waals surface area contributed by atoms with Crippen molar-refractivity contribution < 1.29 is 0 Å². The molecule has 1 unspecified atom stereocenters. The molecule has 0 heterocycles. The summed E-state index contributed by atoms with van der Waals surface area (Å²) in [6.07, 6.45) is 0.899. The Kier molecular flexibility index (Phi) is 3.46. The van der Waals surface area contributed by atoms with E-state index >= 15 is 0 Å². The van der Waals surface area contributed by atoms with Gasteiger partial charge in [0.1, 0.15) is 0 Å². The molecule has 1 nitrogen and oxygen atoms in total. The largest absolute Gasteiger partial charge is 0.324 e. The maximum Gasteiger partial charge on any atom is 0.0332 e. The molecule has 2 heteroatoms. The maximum absolute atomic E-state index is 5.86. The molecule has 0 aliphatic rings. The van der Waals surface area contributed by atoms with Crippen molar-refractivity contribution in [1.29, 1.82) is 0 Å². The van der Waals surface area contributed by atoms with Crippen LogP contribution >= 0.6 is 8.86 Å². The predicted octanol–water partition coefficient (Wildman–Crippen LogP) is 1.89. The Bertz CT molecular complexity index is 256. The molecule has 2 N–H and O–H groups in total. The molecule has 12 heavy (non-hydrogen) atoms. The molecule has 1 aromatic carbocycles. The molecule has 0 saturated heterocycles. The van der Waals surface area contributed by atoms with Gasteiger partial charge in [0.25, 0.3) is 0 Å². The SMILES string of the molecule is CC(=P)C(N)Cc1ccccc1. The molecule has 1 rings (SSSR count). The van der Waals surface area contributed by atoms with Crippen LogP contribution < -0.4 is 5.73 Å². The van der Waals surface area contributed by atoms with E-state index < -0.39 is 0 Å². The van der Waals surface area contributed by atoms with Gasteiger partial charge in [-0.2, -0.15) is 0 Å². The lowest BCUT2D eigenvalue weighted by Crippen LogP contribution is -2.29. The van der Waals surface area contributed by atoms with Gasteiger partial charge in [-0.25, -0.2) is 0 Å². The number of benzene rings is 1. The van der Waals surface area contributed by atoms with Gasteiger partial charge in [-0.3, -0.25) is 0 Å². The van der Waals surface area contributed by atoms with Gasteiger partial charge in [-0.15, -0.1) is 8.86 Å². The van der Waals surface area contributed by atoms with Crippen molar-refractivity contribution in [3.8, 4) is 0 Å². The van der Waals surface area contributed by atoms with Gasteiger partial charge in [0, 0.05) is 6.04 Å². The minimum Gasteiger partial charge on any atom is -0.324 e. The van der Waals surface area contributed by atoms with Crippen LogP contribution in [0.15, 0.2) is 30.3 Å². The van der Waals surface area contributed by atoms with Crippen molar-refractivity contribution in [2.24, 2.45) is 5.73 Å². The highest BCUT2D eigenvalue weighted by Crippen LogP contribution is 2.03. The molecule has 1 aromatic rings. The fourth-order valence-corrected chi connectivity index (χ4v) is 1.12. The second-order valence-corrected chi connectivity index (χ2v) is 3.77. The van der Waals surface area contributed by atoms with Crippen LogP contribution in [0.3, 0.4) is 0 Å². The number of hydrogen-bond donors (Lipinski definition) is 1. The molecule has 0 fully saturated rings. The van der Waals surface area contributed by atoms with Crippen molar-refractivity contribution in [2.45, 2.75) is 19.4 Å². The molecule has 0 aromatic heterocycles. The van der Waals surface area contributed by atoms with Crippen molar-refractivity contribution in [2.75, 3.05) is 0 Å². The summed E-state index contributed by atoms with van der Waals surface area (Å²) >= 11 is 0. The van der Waals surface area contributed by atoms with E-state index in [4.69, 9.17) is 5.73 Å². The Hall–Kier alpha value is -0.650. The normalized spacial score (nSPS) is 12.5. The van der Waals surface area contributed by atoms with Crippen LogP contribution in [0.2, 0.25) is 0 Å². The van der Waals surface area contributed by atoms with Gasteiger partial charge < -0.3 is 5.73 Å². The van der Waals surface area contributed by atoms with E-state index in [1.54, 1.807) is 0 Å². The van der Waals surface area contributed by atoms with Crippen molar-refractivity contribution in [1.82, 2.24) is 0 Å². The number of hydrogen-bond acceptors (Lipinski definition) is 1. The second kappa shape index (κ2) is 4.39. The molecule has 0 radical (unpaired) electrons. The lowest BCUT2D eigenvalue weighted by molar-refractivity contribution is 0.856. The summed E-state index contributed by atoms with van der Waals surface area (Å²) in [6, 6.07) is 10.4. The summed E-state index contributed by atoms with van der Waals surface area (Å²) in [6.45, 7) is 1.99. The van der Waals surface area contributed by atoms with E-state index in [1.165, 1.54) is 5.56 Å². The lowest BCUT2D eigenvalue weighted by atomic mass is 10.1. The Morgan fingerprint density at radius 2 is 2.00 bits per heavy atom. The Balaban J connectivity index is 2.58. The van der Waals surface area contributed by atoms with Gasteiger partial charge in [0.15, 0.2) is 0 Å². The summed E-state index contributed by atoms with van der Waals surface area (Å²) in [7, 11) is 3.44. The van der Waals surface area contributed by atoms with Crippen LogP contribution in [-0.2, 0) is 6.42 Å². The molecule has 0 aliphatic heterocycles. The molecule has 0 spiro atoms. The van der Waals surface area contributed by atoms with Crippen molar-refractivity contribution in [3.63, 3.8) is 0 Å². The van der Waals surface area contributed by atoms with Crippen molar-refractivity contribution in [3.05, 3.63) is 35.9 Å². The fraction of sp³-hybridized carbons (Fsp3) is 0.300.